The molecule has 1 fully saturated rings. The van der Waals surface area contributed by atoms with Crippen LogP contribution in [-0.2, 0) is 9.84 Å². The van der Waals surface area contributed by atoms with E-state index >= 15 is 0 Å². The van der Waals surface area contributed by atoms with E-state index in [1.807, 2.05) is 0 Å². The highest BCUT2D eigenvalue weighted by Gasteiger charge is 2.36. The van der Waals surface area contributed by atoms with Crippen LogP contribution in [-0.4, -0.2) is 37.2 Å². The molecule has 94 valence electrons. The smallest absolute Gasteiger partial charge is 0.155 e. The maximum Gasteiger partial charge on any atom is 0.155 e. The van der Waals surface area contributed by atoms with Gasteiger partial charge in [-0.25, -0.2) is 12.8 Å². The molecule has 2 N–H and O–H groups in total. The number of hydrogen-bond donors (Lipinski definition) is 2. The standard InChI is InChI=1S/C10H11BrFNO3S/c11-6-2-1-3-7(12)10(6)13-8-4-17(15,16)5-9(8)14/h1-3,8-9,13-14H,4-5H2. The van der Waals surface area contributed by atoms with Gasteiger partial charge in [0.15, 0.2) is 9.84 Å². The second kappa shape index (κ2) is 4.55. The van der Waals surface area contributed by atoms with E-state index in [4.69, 9.17) is 0 Å². The molecular weight excluding hydrogens is 313 g/mol. The first kappa shape index (κ1) is 12.8. The largest absolute Gasteiger partial charge is 0.390 e. The number of para-hydroxylation sites is 1. The first-order valence-electron chi connectivity index (χ1n) is 4.98. The average molecular weight is 324 g/mol. The third-order valence-electron chi connectivity index (χ3n) is 2.62. The molecule has 0 amide bonds. The molecule has 0 radical (unpaired) electrons. The summed E-state index contributed by atoms with van der Waals surface area (Å²) in [6.45, 7) is 0. The summed E-state index contributed by atoms with van der Waals surface area (Å²) in [7, 11) is -3.24. The van der Waals surface area contributed by atoms with E-state index in [1.54, 1.807) is 6.07 Å². The summed E-state index contributed by atoms with van der Waals surface area (Å²) in [5.74, 6) is -0.957. The zero-order chi connectivity index (χ0) is 12.6. The fourth-order valence-electron chi connectivity index (χ4n) is 1.79. The highest BCUT2D eigenvalue weighted by Crippen LogP contribution is 2.27. The van der Waals surface area contributed by atoms with Gasteiger partial charge in [-0.05, 0) is 28.1 Å². The zero-order valence-corrected chi connectivity index (χ0v) is 11.1. The highest BCUT2D eigenvalue weighted by atomic mass is 79.9. The maximum absolute atomic E-state index is 13.5. The van der Waals surface area contributed by atoms with E-state index in [-0.39, 0.29) is 17.2 Å². The topological polar surface area (TPSA) is 66.4 Å². The molecule has 0 aromatic heterocycles. The number of aliphatic hydroxyl groups excluding tert-OH is 1. The summed E-state index contributed by atoms with van der Waals surface area (Å²) in [5, 5.41) is 12.3. The first-order valence-corrected chi connectivity index (χ1v) is 7.59. The van der Waals surface area contributed by atoms with Crippen LogP contribution in [0.5, 0.6) is 0 Å². The van der Waals surface area contributed by atoms with Gasteiger partial charge in [0.1, 0.15) is 5.82 Å². The van der Waals surface area contributed by atoms with Crippen LogP contribution >= 0.6 is 15.9 Å². The van der Waals surface area contributed by atoms with Gasteiger partial charge in [0.25, 0.3) is 0 Å². The minimum atomic E-state index is -3.24. The Hall–Kier alpha value is -0.660. The van der Waals surface area contributed by atoms with Gasteiger partial charge in [-0.2, -0.15) is 0 Å². The minimum absolute atomic E-state index is 0.175. The van der Waals surface area contributed by atoms with E-state index in [0.717, 1.165) is 0 Å². The minimum Gasteiger partial charge on any atom is -0.390 e. The number of anilines is 1. The van der Waals surface area contributed by atoms with E-state index in [0.29, 0.717) is 4.47 Å². The zero-order valence-electron chi connectivity index (χ0n) is 8.73. The van der Waals surface area contributed by atoms with E-state index in [2.05, 4.69) is 21.2 Å². The normalized spacial score (nSPS) is 27.0. The van der Waals surface area contributed by atoms with Crippen molar-refractivity contribution in [3.63, 3.8) is 0 Å². The van der Waals surface area contributed by atoms with E-state index < -0.39 is 27.8 Å². The average Bonchev–Trinajstić information content (AvgIpc) is 2.46. The summed E-state index contributed by atoms with van der Waals surface area (Å²) in [6, 6.07) is 3.77. The van der Waals surface area contributed by atoms with Crippen molar-refractivity contribution in [2.45, 2.75) is 12.1 Å². The van der Waals surface area contributed by atoms with Crippen LogP contribution < -0.4 is 5.32 Å². The van der Waals surface area contributed by atoms with Crippen molar-refractivity contribution in [2.75, 3.05) is 16.8 Å². The monoisotopic (exact) mass is 323 g/mol. The van der Waals surface area contributed by atoms with Crippen molar-refractivity contribution in [3.05, 3.63) is 28.5 Å². The van der Waals surface area contributed by atoms with Crippen molar-refractivity contribution in [1.82, 2.24) is 0 Å². The Morgan fingerprint density at radius 2 is 2.12 bits per heavy atom. The molecule has 1 aromatic rings. The molecule has 1 heterocycles. The molecule has 0 aliphatic carbocycles. The van der Waals surface area contributed by atoms with Crippen LogP contribution in [0, 0.1) is 5.82 Å². The second-order valence-corrected chi connectivity index (χ2v) is 7.00. The number of hydrogen-bond acceptors (Lipinski definition) is 4. The Bertz CT molecular complexity index is 514. The molecule has 0 spiro atoms. The maximum atomic E-state index is 13.5. The molecule has 17 heavy (non-hydrogen) atoms. The van der Waals surface area contributed by atoms with Crippen molar-refractivity contribution in [2.24, 2.45) is 0 Å². The lowest BCUT2D eigenvalue weighted by Gasteiger charge is -2.17. The molecule has 1 aromatic carbocycles. The van der Waals surface area contributed by atoms with Crippen LogP contribution in [0.3, 0.4) is 0 Å². The van der Waals surface area contributed by atoms with Crippen molar-refractivity contribution in [3.8, 4) is 0 Å². The molecule has 4 nitrogen and oxygen atoms in total. The van der Waals surface area contributed by atoms with Crippen LogP contribution in [0.2, 0.25) is 0 Å². The number of halogens is 2. The Balaban J connectivity index is 2.22. The predicted molar refractivity (Wildman–Crippen MR) is 66.2 cm³/mol. The number of sulfone groups is 1. The third-order valence-corrected chi connectivity index (χ3v) is 4.99. The Morgan fingerprint density at radius 3 is 2.65 bits per heavy atom. The first-order chi connectivity index (χ1) is 7.89. The summed E-state index contributed by atoms with van der Waals surface area (Å²) in [4.78, 5) is 0. The van der Waals surface area contributed by atoms with Gasteiger partial charge in [0, 0.05) is 4.47 Å². The predicted octanol–water partition coefficient (Wildman–Crippen LogP) is 1.16. The van der Waals surface area contributed by atoms with Crippen molar-refractivity contribution < 1.29 is 17.9 Å². The van der Waals surface area contributed by atoms with Gasteiger partial charge < -0.3 is 10.4 Å². The molecular formula is C10H11BrFNO3S. The van der Waals surface area contributed by atoms with Gasteiger partial charge in [-0.3, -0.25) is 0 Å². The molecule has 2 rings (SSSR count). The van der Waals surface area contributed by atoms with Gasteiger partial charge in [-0.1, -0.05) is 6.07 Å². The molecule has 2 atom stereocenters. The van der Waals surface area contributed by atoms with Gasteiger partial charge in [0.2, 0.25) is 0 Å². The van der Waals surface area contributed by atoms with Crippen molar-refractivity contribution in [1.29, 1.82) is 0 Å². The number of rotatable bonds is 2. The fourth-order valence-corrected chi connectivity index (χ4v) is 3.99. The van der Waals surface area contributed by atoms with Gasteiger partial charge in [0.05, 0.1) is 29.3 Å². The summed E-state index contributed by atoms with van der Waals surface area (Å²) < 4.78 is 36.6. The van der Waals surface area contributed by atoms with E-state index in [9.17, 15) is 17.9 Å². The van der Waals surface area contributed by atoms with E-state index in [1.165, 1.54) is 12.1 Å². The SMILES string of the molecule is O=S1(=O)CC(O)C(Nc2c(F)cccc2Br)C1. The molecule has 2 unspecified atom stereocenters. The van der Waals surface area contributed by atoms with Crippen molar-refractivity contribution >= 4 is 31.5 Å². The quantitative estimate of drug-likeness (QED) is 0.857. The Morgan fingerprint density at radius 1 is 1.41 bits per heavy atom. The fraction of sp³-hybridized carbons (Fsp3) is 0.400. The molecule has 1 saturated heterocycles. The Labute approximate surface area is 107 Å². The molecule has 7 heteroatoms. The lowest BCUT2D eigenvalue weighted by atomic mass is 10.2. The summed E-state index contributed by atoms with van der Waals surface area (Å²) >= 11 is 3.17. The van der Waals surface area contributed by atoms with Crippen LogP contribution in [0.4, 0.5) is 10.1 Å². The van der Waals surface area contributed by atoms with Crippen LogP contribution in [0.25, 0.3) is 0 Å². The highest BCUT2D eigenvalue weighted by molar-refractivity contribution is 9.10. The molecule has 0 bridgehead atoms. The summed E-state index contributed by atoms with van der Waals surface area (Å²) in [5.41, 5.74) is 0.175. The summed E-state index contributed by atoms with van der Waals surface area (Å²) in [6.07, 6.45) is -1.01. The van der Waals surface area contributed by atoms with Gasteiger partial charge in [-0.15, -0.1) is 0 Å². The number of nitrogens with one attached hydrogen (secondary N) is 1. The molecule has 0 saturated carbocycles. The van der Waals surface area contributed by atoms with Crippen LogP contribution in [0.1, 0.15) is 0 Å². The number of benzene rings is 1. The Kier molecular flexibility index (Phi) is 3.42. The lowest BCUT2D eigenvalue weighted by Crippen LogP contribution is -2.32. The molecule has 1 aliphatic heterocycles. The van der Waals surface area contributed by atoms with Gasteiger partial charge >= 0.3 is 0 Å². The lowest BCUT2D eigenvalue weighted by molar-refractivity contribution is 0.190. The van der Waals surface area contributed by atoms with Crippen LogP contribution in [0.15, 0.2) is 22.7 Å². The third kappa shape index (κ3) is 2.78. The number of aliphatic hydroxyl groups is 1. The molecule has 1 aliphatic rings. The second-order valence-electron chi connectivity index (χ2n) is 3.99.